The van der Waals surface area contributed by atoms with Crippen LogP contribution in [0.4, 0.5) is 10.6 Å². The second-order valence-corrected chi connectivity index (χ2v) is 6.07. The van der Waals surface area contributed by atoms with E-state index in [2.05, 4.69) is 25.6 Å². The number of hydrogen-bond donors (Lipinski definition) is 2. The number of benzene rings is 1. The molecular formula is C17H19N7O. The van der Waals surface area contributed by atoms with Gasteiger partial charge in [-0.2, -0.15) is 10.2 Å². The summed E-state index contributed by atoms with van der Waals surface area (Å²) in [7, 11) is 1.81. The van der Waals surface area contributed by atoms with Crippen LogP contribution < -0.4 is 5.32 Å². The van der Waals surface area contributed by atoms with Crippen LogP contribution in [-0.4, -0.2) is 42.4 Å². The van der Waals surface area contributed by atoms with Gasteiger partial charge in [-0.25, -0.2) is 9.78 Å². The molecule has 1 aliphatic heterocycles. The number of nitrogens with zero attached hydrogens (tertiary/aromatic N) is 5. The first-order valence-electron chi connectivity index (χ1n) is 8.26. The number of carbonyl (C=O) groups excluding carboxylic acids is 1. The molecule has 3 aromatic rings. The minimum atomic E-state index is -0.168. The number of likely N-dealkylation sites (tertiary alicyclic amines) is 1. The Labute approximate surface area is 144 Å². The topological polar surface area (TPSA) is 91.7 Å². The lowest BCUT2D eigenvalue weighted by Gasteiger charge is -2.22. The highest BCUT2D eigenvalue weighted by Crippen LogP contribution is 2.31. The van der Waals surface area contributed by atoms with Gasteiger partial charge >= 0.3 is 6.03 Å². The van der Waals surface area contributed by atoms with Crippen LogP contribution in [0.2, 0.25) is 0 Å². The van der Waals surface area contributed by atoms with E-state index in [1.54, 1.807) is 21.8 Å². The molecule has 2 aromatic heterocycles. The molecule has 0 unspecified atom stereocenters. The van der Waals surface area contributed by atoms with Gasteiger partial charge in [0.25, 0.3) is 0 Å². The monoisotopic (exact) mass is 337 g/mol. The summed E-state index contributed by atoms with van der Waals surface area (Å²) >= 11 is 0. The van der Waals surface area contributed by atoms with Crippen LogP contribution in [-0.2, 0) is 7.05 Å². The molecule has 0 bridgehead atoms. The quantitative estimate of drug-likeness (QED) is 0.768. The first-order chi connectivity index (χ1) is 12.2. The molecule has 2 N–H and O–H groups in total. The molecule has 8 nitrogen and oxygen atoms in total. The fourth-order valence-electron chi connectivity index (χ4n) is 3.10. The van der Waals surface area contributed by atoms with E-state index in [1.165, 1.54) is 0 Å². The Balaban J connectivity index is 1.51. The molecule has 25 heavy (non-hydrogen) atoms. The number of rotatable bonds is 3. The Bertz CT molecular complexity index is 870. The van der Waals surface area contributed by atoms with Crippen LogP contribution in [0.25, 0.3) is 11.4 Å². The molecule has 1 fully saturated rings. The summed E-state index contributed by atoms with van der Waals surface area (Å²) in [5, 5.41) is 14.3. The molecule has 1 aliphatic rings. The molecule has 128 valence electrons. The highest BCUT2D eigenvalue weighted by atomic mass is 16.2. The van der Waals surface area contributed by atoms with E-state index in [-0.39, 0.29) is 12.1 Å². The summed E-state index contributed by atoms with van der Waals surface area (Å²) in [5.41, 5.74) is 0.951. The number of H-pyrrole nitrogens is 1. The van der Waals surface area contributed by atoms with E-state index in [0.717, 1.165) is 18.4 Å². The molecule has 3 heterocycles. The summed E-state index contributed by atoms with van der Waals surface area (Å²) in [6, 6.07) is 11.3. The number of anilines is 1. The molecule has 2 amide bonds. The van der Waals surface area contributed by atoms with Crippen molar-refractivity contribution in [1.82, 2.24) is 29.9 Å². The molecule has 0 radical (unpaired) electrons. The van der Waals surface area contributed by atoms with E-state index in [9.17, 15) is 4.79 Å². The summed E-state index contributed by atoms with van der Waals surface area (Å²) in [5.74, 6) is 1.90. The number of aromatic amines is 1. The van der Waals surface area contributed by atoms with E-state index in [0.29, 0.717) is 24.0 Å². The van der Waals surface area contributed by atoms with Crippen LogP contribution in [0.5, 0.6) is 0 Å². The van der Waals surface area contributed by atoms with Crippen molar-refractivity contribution in [3.8, 4) is 11.4 Å². The number of nitrogens with one attached hydrogen (secondary N) is 2. The predicted molar refractivity (Wildman–Crippen MR) is 92.7 cm³/mol. The zero-order chi connectivity index (χ0) is 17.2. The van der Waals surface area contributed by atoms with Gasteiger partial charge in [0.15, 0.2) is 11.6 Å². The zero-order valence-electron chi connectivity index (χ0n) is 13.9. The Hall–Kier alpha value is -3.16. The minimum Gasteiger partial charge on any atom is -0.314 e. The average Bonchev–Trinajstić information content (AvgIpc) is 3.35. The zero-order valence-corrected chi connectivity index (χ0v) is 13.9. The fourth-order valence-corrected chi connectivity index (χ4v) is 3.10. The van der Waals surface area contributed by atoms with Crippen LogP contribution in [0.15, 0.2) is 42.6 Å². The molecule has 0 spiro atoms. The maximum Gasteiger partial charge on any atom is 0.323 e. The highest BCUT2D eigenvalue weighted by Gasteiger charge is 2.32. The van der Waals surface area contributed by atoms with Gasteiger partial charge in [-0.05, 0) is 12.8 Å². The van der Waals surface area contributed by atoms with E-state index in [4.69, 9.17) is 0 Å². The minimum absolute atomic E-state index is 0.103. The molecule has 4 rings (SSSR count). The average molecular weight is 337 g/mol. The molecule has 0 aliphatic carbocycles. The Morgan fingerprint density at radius 3 is 2.88 bits per heavy atom. The van der Waals surface area contributed by atoms with Gasteiger partial charge in [0.1, 0.15) is 5.82 Å². The second kappa shape index (κ2) is 6.39. The van der Waals surface area contributed by atoms with E-state index >= 15 is 0 Å². The van der Waals surface area contributed by atoms with Crippen molar-refractivity contribution >= 4 is 11.8 Å². The molecule has 8 heteroatoms. The van der Waals surface area contributed by atoms with Crippen molar-refractivity contribution in [2.75, 3.05) is 11.9 Å². The van der Waals surface area contributed by atoms with Gasteiger partial charge in [0.05, 0.1) is 6.04 Å². The molecule has 0 saturated carbocycles. The largest absolute Gasteiger partial charge is 0.323 e. The Kier molecular flexibility index (Phi) is 3.93. The van der Waals surface area contributed by atoms with Crippen molar-refractivity contribution < 1.29 is 4.79 Å². The number of hydrogen-bond acceptors (Lipinski definition) is 4. The third-order valence-corrected chi connectivity index (χ3v) is 4.31. The molecule has 1 aromatic carbocycles. The lowest BCUT2D eigenvalue weighted by molar-refractivity contribution is 0.205. The maximum absolute atomic E-state index is 12.6. The van der Waals surface area contributed by atoms with Gasteiger partial charge in [-0.3, -0.25) is 15.1 Å². The molecule has 1 saturated heterocycles. The first-order valence-corrected chi connectivity index (χ1v) is 8.26. The van der Waals surface area contributed by atoms with E-state index in [1.807, 2.05) is 37.4 Å². The van der Waals surface area contributed by atoms with Crippen LogP contribution >= 0.6 is 0 Å². The van der Waals surface area contributed by atoms with Crippen LogP contribution in [0.1, 0.15) is 24.7 Å². The second-order valence-electron chi connectivity index (χ2n) is 6.07. The summed E-state index contributed by atoms with van der Waals surface area (Å²) in [4.78, 5) is 19.0. The Morgan fingerprint density at radius 1 is 1.28 bits per heavy atom. The van der Waals surface area contributed by atoms with Crippen molar-refractivity contribution in [2.45, 2.75) is 18.9 Å². The number of aryl methyl sites for hydroxylation is 1. The third-order valence-electron chi connectivity index (χ3n) is 4.31. The van der Waals surface area contributed by atoms with Crippen molar-refractivity contribution in [3.63, 3.8) is 0 Å². The fraction of sp³-hybridized carbons (Fsp3) is 0.294. The number of aromatic nitrogens is 5. The lowest BCUT2D eigenvalue weighted by atomic mass is 10.2. The molecular weight excluding hydrogens is 318 g/mol. The van der Waals surface area contributed by atoms with Gasteiger partial charge in [0, 0.05) is 31.4 Å². The van der Waals surface area contributed by atoms with Gasteiger partial charge in [-0.15, -0.1) is 0 Å². The van der Waals surface area contributed by atoms with Crippen molar-refractivity contribution in [2.24, 2.45) is 7.05 Å². The molecule has 1 atom stereocenters. The van der Waals surface area contributed by atoms with Crippen LogP contribution in [0.3, 0.4) is 0 Å². The van der Waals surface area contributed by atoms with Crippen molar-refractivity contribution in [1.29, 1.82) is 0 Å². The van der Waals surface area contributed by atoms with Crippen LogP contribution in [0, 0.1) is 0 Å². The summed E-state index contributed by atoms with van der Waals surface area (Å²) in [6.45, 7) is 0.685. The highest BCUT2D eigenvalue weighted by molar-refractivity contribution is 5.88. The number of urea groups is 1. The summed E-state index contributed by atoms with van der Waals surface area (Å²) < 4.78 is 1.65. The van der Waals surface area contributed by atoms with Gasteiger partial charge in [0.2, 0.25) is 0 Å². The smallest absolute Gasteiger partial charge is 0.314 e. The third kappa shape index (κ3) is 3.10. The first kappa shape index (κ1) is 15.4. The van der Waals surface area contributed by atoms with Crippen molar-refractivity contribution in [3.05, 3.63) is 48.4 Å². The number of amides is 2. The normalized spacial score (nSPS) is 17.0. The van der Waals surface area contributed by atoms with Gasteiger partial charge in [-0.1, -0.05) is 30.3 Å². The Morgan fingerprint density at radius 2 is 2.12 bits per heavy atom. The maximum atomic E-state index is 12.6. The predicted octanol–water partition coefficient (Wildman–Crippen LogP) is 2.57. The van der Waals surface area contributed by atoms with E-state index < -0.39 is 0 Å². The summed E-state index contributed by atoms with van der Waals surface area (Å²) in [6.07, 6.45) is 3.58. The van der Waals surface area contributed by atoms with Gasteiger partial charge < -0.3 is 4.90 Å². The SMILES string of the molecule is Cn1ccc(NC(=O)N2CCC[C@@H]2c2nc(-c3ccccc3)n[nH]2)n1. The number of carbonyl (C=O) groups is 1. The standard InChI is InChI=1S/C17H19N7O/c1-23-11-9-14(22-23)18-17(25)24-10-5-8-13(24)16-19-15(20-21-16)12-6-3-2-4-7-12/h2-4,6-7,9,11,13H,5,8,10H2,1H3,(H,18,22,25)(H,19,20,21)/t13-/m1/s1. The lowest BCUT2D eigenvalue weighted by Crippen LogP contribution is -2.35.